The van der Waals surface area contributed by atoms with E-state index in [2.05, 4.69) is 14.8 Å². The minimum absolute atomic E-state index is 0.0948. The molecular weight excluding hydrogens is 288 g/mol. The Labute approximate surface area is 116 Å². The van der Waals surface area contributed by atoms with E-state index in [9.17, 15) is 8.42 Å². The number of nitrogens with zero attached hydrogens (tertiary/aromatic N) is 3. The minimum atomic E-state index is -3.56. The number of rotatable bonds is 6. The second-order valence-corrected chi connectivity index (χ2v) is 5.98. The topological polar surface area (TPSA) is 76.9 Å². The third-order valence-electron chi connectivity index (χ3n) is 2.45. The molecule has 0 atom stereocenters. The summed E-state index contributed by atoms with van der Waals surface area (Å²) in [5.74, 6) is 0. The summed E-state index contributed by atoms with van der Waals surface area (Å²) in [4.78, 5) is 3.90. The minimum Gasteiger partial charge on any atom is -0.253 e. The number of sulfonamides is 1. The Bertz CT molecular complexity index is 628. The van der Waals surface area contributed by atoms with Crippen LogP contribution in [0.25, 0.3) is 0 Å². The second-order valence-electron chi connectivity index (χ2n) is 3.84. The zero-order chi connectivity index (χ0) is 13.7. The highest BCUT2D eigenvalue weighted by Gasteiger charge is 2.16. The SMILES string of the molecule is O=S(=O)(NCCCn1cncn1)c1ccccc1Cl. The van der Waals surface area contributed by atoms with Crippen LogP contribution in [0.1, 0.15) is 6.42 Å². The van der Waals surface area contributed by atoms with Gasteiger partial charge >= 0.3 is 0 Å². The molecule has 2 aromatic rings. The van der Waals surface area contributed by atoms with Crippen molar-refractivity contribution in [2.24, 2.45) is 0 Å². The average molecular weight is 301 g/mol. The van der Waals surface area contributed by atoms with Gasteiger partial charge in [0.2, 0.25) is 10.0 Å². The summed E-state index contributed by atoms with van der Waals surface area (Å²) in [6, 6.07) is 6.34. The summed E-state index contributed by atoms with van der Waals surface area (Å²) in [5, 5.41) is 4.14. The lowest BCUT2D eigenvalue weighted by atomic mass is 10.4. The van der Waals surface area contributed by atoms with Crippen LogP contribution in [0, 0.1) is 0 Å². The van der Waals surface area contributed by atoms with E-state index in [1.807, 2.05) is 0 Å². The van der Waals surface area contributed by atoms with Crippen LogP contribution in [0.2, 0.25) is 5.02 Å². The molecule has 0 fully saturated rings. The Kier molecular flexibility index (Phi) is 4.52. The summed E-state index contributed by atoms with van der Waals surface area (Å²) < 4.78 is 28.1. The third-order valence-corrected chi connectivity index (χ3v) is 4.41. The molecule has 6 nitrogen and oxygen atoms in total. The van der Waals surface area contributed by atoms with E-state index < -0.39 is 10.0 Å². The maximum absolute atomic E-state index is 12.0. The Morgan fingerprint density at radius 3 is 2.79 bits per heavy atom. The zero-order valence-corrected chi connectivity index (χ0v) is 11.6. The Hall–Kier alpha value is -1.44. The van der Waals surface area contributed by atoms with Crippen molar-refractivity contribution < 1.29 is 8.42 Å². The third kappa shape index (κ3) is 3.76. The van der Waals surface area contributed by atoms with Gasteiger partial charge in [-0.05, 0) is 18.6 Å². The van der Waals surface area contributed by atoms with Crippen molar-refractivity contribution in [1.29, 1.82) is 0 Å². The molecular formula is C11H13ClN4O2S. The summed E-state index contributed by atoms with van der Waals surface area (Å²) in [7, 11) is -3.56. The molecule has 1 heterocycles. The monoisotopic (exact) mass is 300 g/mol. The van der Waals surface area contributed by atoms with Crippen molar-refractivity contribution in [3.05, 3.63) is 41.9 Å². The quantitative estimate of drug-likeness (QED) is 0.816. The van der Waals surface area contributed by atoms with Gasteiger partial charge in [0, 0.05) is 13.1 Å². The fourth-order valence-electron chi connectivity index (χ4n) is 1.54. The van der Waals surface area contributed by atoms with Crippen LogP contribution in [0.5, 0.6) is 0 Å². The van der Waals surface area contributed by atoms with Crippen LogP contribution in [0.3, 0.4) is 0 Å². The zero-order valence-electron chi connectivity index (χ0n) is 10.0. The van der Waals surface area contributed by atoms with Gasteiger partial charge in [-0.1, -0.05) is 23.7 Å². The Morgan fingerprint density at radius 1 is 1.32 bits per heavy atom. The van der Waals surface area contributed by atoms with Crippen molar-refractivity contribution in [2.45, 2.75) is 17.9 Å². The Balaban J connectivity index is 1.90. The van der Waals surface area contributed by atoms with Crippen LogP contribution in [0.15, 0.2) is 41.8 Å². The van der Waals surface area contributed by atoms with E-state index in [0.29, 0.717) is 19.5 Å². The van der Waals surface area contributed by atoms with E-state index in [1.165, 1.54) is 12.4 Å². The van der Waals surface area contributed by atoms with Gasteiger partial charge in [-0.3, -0.25) is 4.68 Å². The molecule has 0 spiro atoms. The predicted molar refractivity (Wildman–Crippen MR) is 71.3 cm³/mol. The smallest absolute Gasteiger partial charge is 0.242 e. The number of halogens is 1. The lowest BCUT2D eigenvalue weighted by molar-refractivity contribution is 0.552. The van der Waals surface area contributed by atoms with Crippen molar-refractivity contribution >= 4 is 21.6 Å². The molecule has 1 N–H and O–H groups in total. The lowest BCUT2D eigenvalue weighted by Crippen LogP contribution is -2.25. The number of aryl methyl sites for hydroxylation is 1. The molecule has 0 radical (unpaired) electrons. The average Bonchev–Trinajstić information content (AvgIpc) is 2.88. The van der Waals surface area contributed by atoms with Crippen molar-refractivity contribution in [3.8, 4) is 0 Å². The number of hydrogen-bond donors (Lipinski definition) is 1. The highest BCUT2D eigenvalue weighted by molar-refractivity contribution is 7.89. The maximum Gasteiger partial charge on any atom is 0.242 e. The molecule has 0 bridgehead atoms. The molecule has 1 aromatic heterocycles. The van der Waals surface area contributed by atoms with Gasteiger partial charge in [-0.2, -0.15) is 5.10 Å². The number of hydrogen-bond acceptors (Lipinski definition) is 4. The molecule has 102 valence electrons. The summed E-state index contributed by atoms with van der Waals surface area (Å²) in [6.07, 6.45) is 3.64. The molecule has 1 aromatic carbocycles. The molecule has 0 saturated heterocycles. The van der Waals surface area contributed by atoms with Gasteiger partial charge in [0.05, 0.1) is 5.02 Å². The number of aromatic nitrogens is 3. The van der Waals surface area contributed by atoms with Gasteiger partial charge < -0.3 is 0 Å². The predicted octanol–water partition coefficient (Wildman–Crippen LogP) is 1.30. The summed E-state index contributed by atoms with van der Waals surface area (Å²) in [6.45, 7) is 0.915. The first kappa shape index (κ1) is 14.0. The summed E-state index contributed by atoms with van der Waals surface area (Å²) >= 11 is 5.86. The second kappa shape index (κ2) is 6.14. The number of benzene rings is 1. The first-order valence-electron chi connectivity index (χ1n) is 5.66. The van der Waals surface area contributed by atoms with Gasteiger partial charge in [0.1, 0.15) is 17.6 Å². The van der Waals surface area contributed by atoms with E-state index in [-0.39, 0.29) is 9.92 Å². The van der Waals surface area contributed by atoms with E-state index in [0.717, 1.165) is 0 Å². The van der Waals surface area contributed by atoms with Crippen molar-refractivity contribution in [3.63, 3.8) is 0 Å². The summed E-state index contributed by atoms with van der Waals surface area (Å²) in [5.41, 5.74) is 0. The van der Waals surface area contributed by atoms with E-state index in [1.54, 1.807) is 29.2 Å². The normalized spacial score (nSPS) is 11.6. The van der Waals surface area contributed by atoms with Gasteiger partial charge in [0.15, 0.2) is 0 Å². The fourth-order valence-corrected chi connectivity index (χ4v) is 3.13. The molecule has 0 unspecified atom stereocenters. The molecule has 0 saturated carbocycles. The highest BCUT2D eigenvalue weighted by Crippen LogP contribution is 2.19. The maximum atomic E-state index is 12.0. The standard InChI is InChI=1S/C11H13ClN4O2S/c12-10-4-1-2-5-11(10)19(17,18)15-6-3-7-16-9-13-8-14-16/h1-2,4-5,8-9,15H,3,6-7H2. The van der Waals surface area contributed by atoms with Crippen molar-refractivity contribution in [2.75, 3.05) is 6.54 Å². The first-order valence-corrected chi connectivity index (χ1v) is 7.52. The van der Waals surface area contributed by atoms with Crippen LogP contribution in [0.4, 0.5) is 0 Å². The molecule has 8 heteroatoms. The lowest BCUT2D eigenvalue weighted by Gasteiger charge is -2.08. The number of nitrogens with one attached hydrogen (secondary N) is 1. The molecule has 0 amide bonds. The molecule has 0 aliphatic heterocycles. The fraction of sp³-hybridized carbons (Fsp3) is 0.273. The molecule has 19 heavy (non-hydrogen) atoms. The van der Waals surface area contributed by atoms with E-state index in [4.69, 9.17) is 11.6 Å². The van der Waals surface area contributed by atoms with Crippen LogP contribution >= 0.6 is 11.6 Å². The van der Waals surface area contributed by atoms with E-state index >= 15 is 0 Å². The van der Waals surface area contributed by atoms with Crippen LogP contribution < -0.4 is 4.72 Å². The van der Waals surface area contributed by atoms with Crippen molar-refractivity contribution in [1.82, 2.24) is 19.5 Å². The molecule has 0 aliphatic rings. The van der Waals surface area contributed by atoms with Crippen LogP contribution in [-0.2, 0) is 16.6 Å². The molecule has 0 aliphatic carbocycles. The van der Waals surface area contributed by atoms with Gasteiger partial charge in [-0.25, -0.2) is 18.1 Å². The largest absolute Gasteiger partial charge is 0.253 e. The van der Waals surface area contributed by atoms with Gasteiger partial charge in [-0.15, -0.1) is 0 Å². The highest BCUT2D eigenvalue weighted by atomic mass is 35.5. The Morgan fingerprint density at radius 2 is 2.11 bits per heavy atom. The molecule has 2 rings (SSSR count). The first-order chi connectivity index (χ1) is 9.09. The van der Waals surface area contributed by atoms with Gasteiger partial charge in [0.25, 0.3) is 0 Å². The van der Waals surface area contributed by atoms with Crippen LogP contribution in [-0.4, -0.2) is 29.7 Å².